The molecule has 0 saturated heterocycles. The monoisotopic (exact) mass is 415 g/mol. The fourth-order valence-corrected chi connectivity index (χ4v) is 2.53. The van der Waals surface area contributed by atoms with Crippen LogP contribution in [0, 0.1) is 3.57 Å². The van der Waals surface area contributed by atoms with Crippen molar-refractivity contribution in [2.75, 3.05) is 5.32 Å². The van der Waals surface area contributed by atoms with E-state index in [1.165, 1.54) is 0 Å². The maximum atomic E-state index is 12.2. The fourth-order valence-electron chi connectivity index (χ4n) is 1.76. The molecule has 2 aromatic carbocycles. The van der Waals surface area contributed by atoms with Gasteiger partial charge in [0.25, 0.3) is 5.91 Å². The number of hydrogen-bond donors (Lipinski definition) is 1. The molecule has 0 aliphatic heterocycles. The van der Waals surface area contributed by atoms with Gasteiger partial charge in [0.1, 0.15) is 5.75 Å². The Balaban J connectivity index is 2.13. The fraction of sp³-hybridized carbons (Fsp3) is 0.188. The summed E-state index contributed by atoms with van der Waals surface area (Å²) in [5.41, 5.74) is 1.25. The van der Waals surface area contributed by atoms with Crippen LogP contribution < -0.4 is 10.1 Å². The van der Waals surface area contributed by atoms with Crippen molar-refractivity contribution in [3.05, 3.63) is 56.6 Å². The van der Waals surface area contributed by atoms with Gasteiger partial charge in [0, 0.05) is 14.8 Å². The smallest absolute Gasteiger partial charge is 0.255 e. The van der Waals surface area contributed by atoms with Gasteiger partial charge in [-0.05, 0) is 72.8 Å². The lowest BCUT2D eigenvalue weighted by atomic mass is 10.2. The van der Waals surface area contributed by atoms with Crippen molar-refractivity contribution in [3.63, 3.8) is 0 Å². The first kappa shape index (κ1) is 16.1. The summed E-state index contributed by atoms with van der Waals surface area (Å²) in [4.78, 5) is 12.2. The molecule has 110 valence electrons. The molecule has 0 aliphatic rings. The van der Waals surface area contributed by atoms with Gasteiger partial charge in [-0.15, -0.1) is 0 Å². The van der Waals surface area contributed by atoms with Crippen molar-refractivity contribution in [2.24, 2.45) is 0 Å². The summed E-state index contributed by atoms with van der Waals surface area (Å²) in [5.74, 6) is 0.445. The first-order valence-corrected chi connectivity index (χ1v) is 7.94. The second kappa shape index (κ2) is 7.13. The molecule has 1 N–H and O–H groups in total. The number of amides is 1. The van der Waals surface area contributed by atoms with Crippen LogP contribution in [0.3, 0.4) is 0 Å². The molecule has 5 heteroatoms. The molecule has 0 heterocycles. The van der Waals surface area contributed by atoms with E-state index in [1.807, 2.05) is 32.0 Å². The van der Waals surface area contributed by atoms with Crippen LogP contribution in [0.4, 0.5) is 5.69 Å². The van der Waals surface area contributed by atoms with E-state index >= 15 is 0 Å². The lowest BCUT2D eigenvalue weighted by Gasteiger charge is -2.12. The number of anilines is 1. The minimum absolute atomic E-state index is 0.0503. The van der Waals surface area contributed by atoms with E-state index in [2.05, 4.69) is 27.9 Å². The van der Waals surface area contributed by atoms with E-state index in [1.54, 1.807) is 24.3 Å². The molecule has 3 nitrogen and oxygen atoms in total. The van der Waals surface area contributed by atoms with Gasteiger partial charge in [-0.1, -0.05) is 17.7 Å². The van der Waals surface area contributed by atoms with Gasteiger partial charge in [0.2, 0.25) is 0 Å². The van der Waals surface area contributed by atoms with E-state index in [0.717, 1.165) is 3.57 Å². The van der Waals surface area contributed by atoms with Crippen LogP contribution in [0.25, 0.3) is 0 Å². The Bertz CT molecular complexity index is 658. The van der Waals surface area contributed by atoms with Crippen LogP contribution >= 0.6 is 34.2 Å². The maximum Gasteiger partial charge on any atom is 0.255 e. The average molecular weight is 416 g/mol. The molecule has 0 spiro atoms. The minimum Gasteiger partial charge on any atom is -0.489 e. The number of nitrogens with one attached hydrogen (secondary N) is 1. The molecule has 1 amide bonds. The number of rotatable bonds is 4. The Kier molecular flexibility index (Phi) is 5.47. The zero-order valence-corrected chi connectivity index (χ0v) is 14.6. The topological polar surface area (TPSA) is 38.3 Å². The number of benzene rings is 2. The second-order valence-corrected chi connectivity index (χ2v) is 6.43. The summed E-state index contributed by atoms with van der Waals surface area (Å²) >= 11 is 8.32. The highest BCUT2D eigenvalue weighted by Gasteiger charge is 2.09. The third kappa shape index (κ3) is 4.61. The van der Waals surface area contributed by atoms with E-state index < -0.39 is 0 Å². The van der Waals surface area contributed by atoms with Crippen molar-refractivity contribution >= 4 is 45.8 Å². The summed E-state index contributed by atoms with van der Waals surface area (Å²) in [7, 11) is 0. The number of carbonyl (C=O) groups is 1. The van der Waals surface area contributed by atoms with Crippen molar-refractivity contribution in [1.82, 2.24) is 0 Å². The lowest BCUT2D eigenvalue weighted by Crippen LogP contribution is -2.12. The predicted molar refractivity (Wildman–Crippen MR) is 94.3 cm³/mol. The van der Waals surface area contributed by atoms with Crippen LogP contribution in [-0.2, 0) is 0 Å². The molecule has 0 bridgehead atoms. The van der Waals surface area contributed by atoms with Gasteiger partial charge >= 0.3 is 0 Å². The average Bonchev–Trinajstić information content (AvgIpc) is 2.41. The minimum atomic E-state index is -0.165. The van der Waals surface area contributed by atoms with Gasteiger partial charge in [-0.25, -0.2) is 0 Å². The number of carbonyl (C=O) groups excluding carboxylic acids is 1. The third-order valence-corrected chi connectivity index (χ3v) is 3.61. The van der Waals surface area contributed by atoms with Crippen LogP contribution in [0.2, 0.25) is 5.02 Å². The molecule has 0 aliphatic carbocycles. The van der Waals surface area contributed by atoms with E-state index in [9.17, 15) is 4.79 Å². The molecule has 0 atom stereocenters. The molecule has 0 fully saturated rings. The van der Waals surface area contributed by atoms with Gasteiger partial charge in [-0.3, -0.25) is 4.79 Å². The molecule has 0 aromatic heterocycles. The number of ether oxygens (including phenoxy) is 1. The molecule has 2 rings (SSSR count). The summed E-state index contributed by atoms with van der Waals surface area (Å²) in [5, 5.41) is 3.30. The normalized spacial score (nSPS) is 10.5. The molecule has 0 unspecified atom stereocenters. The number of hydrogen-bond acceptors (Lipinski definition) is 2. The van der Waals surface area contributed by atoms with Gasteiger partial charge in [-0.2, -0.15) is 0 Å². The molecule has 21 heavy (non-hydrogen) atoms. The highest BCUT2D eigenvalue weighted by atomic mass is 127. The Morgan fingerprint density at radius 1 is 1.24 bits per heavy atom. The van der Waals surface area contributed by atoms with Crippen molar-refractivity contribution in [3.8, 4) is 5.75 Å². The summed E-state index contributed by atoms with van der Waals surface area (Å²) < 4.78 is 6.57. The largest absolute Gasteiger partial charge is 0.489 e. The zero-order chi connectivity index (χ0) is 15.4. The number of halogens is 2. The standard InChI is InChI=1S/C16H15ClINO2/c1-10(2)21-15-7-6-13(9-14(15)17)19-16(20)11-4-3-5-12(18)8-11/h3-10H,1-2H3,(H,19,20). The molecule has 2 aromatic rings. The second-order valence-electron chi connectivity index (χ2n) is 4.78. The first-order chi connectivity index (χ1) is 9.95. The Morgan fingerprint density at radius 2 is 2.00 bits per heavy atom. The summed E-state index contributed by atoms with van der Waals surface area (Å²) in [6.45, 7) is 3.87. The molecule has 0 saturated carbocycles. The summed E-state index contributed by atoms with van der Waals surface area (Å²) in [6, 6.07) is 12.6. The summed E-state index contributed by atoms with van der Waals surface area (Å²) in [6.07, 6.45) is 0.0503. The SMILES string of the molecule is CC(C)Oc1ccc(NC(=O)c2cccc(I)c2)cc1Cl. The van der Waals surface area contributed by atoms with Crippen LogP contribution in [-0.4, -0.2) is 12.0 Å². The highest BCUT2D eigenvalue weighted by molar-refractivity contribution is 14.1. The molecular weight excluding hydrogens is 401 g/mol. The van der Waals surface area contributed by atoms with Crippen LogP contribution in [0.5, 0.6) is 5.75 Å². The Hall–Kier alpha value is -1.27. The third-order valence-electron chi connectivity index (χ3n) is 2.64. The van der Waals surface area contributed by atoms with E-state index in [0.29, 0.717) is 22.0 Å². The quantitative estimate of drug-likeness (QED) is 0.715. The Labute approximate surface area is 142 Å². The lowest BCUT2D eigenvalue weighted by molar-refractivity contribution is 0.102. The molecular formula is C16H15ClINO2. The van der Waals surface area contributed by atoms with Crippen molar-refractivity contribution < 1.29 is 9.53 Å². The van der Waals surface area contributed by atoms with Crippen molar-refractivity contribution in [1.29, 1.82) is 0 Å². The molecule has 0 radical (unpaired) electrons. The Morgan fingerprint density at radius 3 is 2.62 bits per heavy atom. The van der Waals surface area contributed by atoms with Crippen LogP contribution in [0.15, 0.2) is 42.5 Å². The van der Waals surface area contributed by atoms with E-state index in [4.69, 9.17) is 16.3 Å². The zero-order valence-electron chi connectivity index (χ0n) is 11.7. The van der Waals surface area contributed by atoms with Crippen LogP contribution in [0.1, 0.15) is 24.2 Å². The maximum absolute atomic E-state index is 12.2. The highest BCUT2D eigenvalue weighted by Crippen LogP contribution is 2.28. The first-order valence-electron chi connectivity index (χ1n) is 6.49. The van der Waals surface area contributed by atoms with E-state index in [-0.39, 0.29) is 12.0 Å². The van der Waals surface area contributed by atoms with Gasteiger partial charge in [0.15, 0.2) is 0 Å². The van der Waals surface area contributed by atoms with Gasteiger partial charge in [0.05, 0.1) is 11.1 Å². The van der Waals surface area contributed by atoms with Gasteiger partial charge < -0.3 is 10.1 Å². The predicted octanol–water partition coefficient (Wildman–Crippen LogP) is 4.98. The van der Waals surface area contributed by atoms with Crippen molar-refractivity contribution in [2.45, 2.75) is 20.0 Å².